The van der Waals surface area contributed by atoms with Crippen molar-refractivity contribution in [2.24, 2.45) is 0 Å². The van der Waals surface area contributed by atoms with Gasteiger partial charge in [0.25, 0.3) is 0 Å². The van der Waals surface area contributed by atoms with Crippen LogP contribution in [0.3, 0.4) is 0 Å². The number of benzene rings is 2. The first kappa shape index (κ1) is 23.5. The lowest BCUT2D eigenvalue weighted by Crippen LogP contribution is -2.31. The third-order valence-corrected chi connectivity index (χ3v) is 6.68. The third-order valence-electron chi connectivity index (χ3n) is 4.80. The van der Waals surface area contributed by atoms with Gasteiger partial charge in [-0.3, -0.25) is 4.90 Å². The Kier molecular flexibility index (Phi) is 9.06. The van der Waals surface area contributed by atoms with Gasteiger partial charge in [-0.2, -0.15) is 0 Å². The quantitative estimate of drug-likeness (QED) is 0.565. The van der Waals surface area contributed by atoms with Crippen LogP contribution < -0.4 is 4.72 Å². The average molecular weight is 464 g/mol. The first-order chi connectivity index (χ1) is 12.9. The molecule has 0 atom stereocenters. The van der Waals surface area contributed by atoms with E-state index in [2.05, 4.69) is 33.9 Å². The first-order valence-electron chi connectivity index (χ1n) is 9.19. The molecule has 2 aromatic rings. The number of rotatable bonds is 8. The summed E-state index contributed by atoms with van der Waals surface area (Å²) in [5.41, 5.74) is 2.89. The number of hydrogen-bond donors (Lipinski definition) is 1. The zero-order chi connectivity index (χ0) is 19.3. The van der Waals surface area contributed by atoms with Crippen molar-refractivity contribution >= 4 is 45.6 Å². The maximum absolute atomic E-state index is 12.3. The lowest BCUT2D eigenvalue weighted by atomic mass is 10.00. The molecule has 0 saturated heterocycles. The van der Waals surface area contributed by atoms with Crippen LogP contribution in [0.2, 0.25) is 10.0 Å². The molecule has 0 unspecified atom stereocenters. The predicted octanol–water partition coefficient (Wildman–Crippen LogP) is 4.92. The van der Waals surface area contributed by atoms with E-state index in [9.17, 15) is 8.42 Å². The van der Waals surface area contributed by atoms with Gasteiger partial charge < -0.3 is 0 Å². The predicted molar refractivity (Wildman–Crippen MR) is 118 cm³/mol. The molecule has 0 aromatic heterocycles. The number of nitrogens with zero attached hydrogens (tertiary/aromatic N) is 1. The van der Waals surface area contributed by atoms with Crippen molar-refractivity contribution in [2.45, 2.75) is 37.1 Å². The largest absolute Gasteiger partial charge is 0.299 e. The van der Waals surface area contributed by atoms with E-state index < -0.39 is 10.0 Å². The normalized spacial score (nSPS) is 14.4. The highest BCUT2D eigenvalue weighted by Crippen LogP contribution is 2.22. The van der Waals surface area contributed by atoms with Gasteiger partial charge in [0.2, 0.25) is 10.0 Å². The number of sulfonamides is 1. The van der Waals surface area contributed by atoms with E-state index >= 15 is 0 Å². The Morgan fingerprint density at radius 2 is 1.64 bits per heavy atom. The first-order valence-corrected chi connectivity index (χ1v) is 11.4. The molecule has 1 heterocycles. The fraction of sp³-hybridized carbons (Fsp3) is 0.400. The van der Waals surface area contributed by atoms with E-state index in [1.807, 2.05) is 0 Å². The van der Waals surface area contributed by atoms with Gasteiger partial charge in [-0.25, -0.2) is 13.1 Å². The van der Waals surface area contributed by atoms with Gasteiger partial charge in [-0.1, -0.05) is 53.9 Å². The number of unbranched alkanes of at least 4 members (excludes halogenated alkanes) is 2. The summed E-state index contributed by atoms with van der Waals surface area (Å²) in [6.45, 7) is 3.57. The van der Waals surface area contributed by atoms with Gasteiger partial charge in [0.15, 0.2) is 0 Å². The van der Waals surface area contributed by atoms with E-state index in [1.54, 1.807) is 0 Å². The fourth-order valence-electron chi connectivity index (χ4n) is 3.36. The van der Waals surface area contributed by atoms with Crippen molar-refractivity contribution in [3.63, 3.8) is 0 Å². The van der Waals surface area contributed by atoms with Crippen LogP contribution in [0, 0.1) is 0 Å². The standard InChI is InChI=1S/C20H24Cl2N2O2S.ClH/c21-18-12-19(22)14-20(13-18)27(25,26)23-9-4-1-5-10-24-11-8-16-6-2-3-7-17(16)15-24;/h2-3,6-7,12-14,23H,1,4-5,8-11,15H2;1H. The molecule has 1 N–H and O–H groups in total. The van der Waals surface area contributed by atoms with Crippen LogP contribution in [0.1, 0.15) is 30.4 Å². The maximum Gasteiger partial charge on any atom is 0.240 e. The molecule has 0 spiro atoms. The second-order valence-electron chi connectivity index (χ2n) is 6.86. The zero-order valence-corrected chi connectivity index (χ0v) is 18.7. The molecule has 3 rings (SSSR count). The smallest absolute Gasteiger partial charge is 0.240 e. The van der Waals surface area contributed by atoms with Crippen molar-refractivity contribution in [3.8, 4) is 0 Å². The molecule has 0 radical (unpaired) electrons. The highest BCUT2D eigenvalue weighted by Gasteiger charge is 2.16. The second kappa shape index (κ2) is 10.8. The fourth-order valence-corrected chi connectivity index (χ4v) is 5.16. The van der Waals surface area contributed by atoms with Gasteiger partial charge in [-0.15, -0.1) is 12.4 Å². The van der Waals surface area contributed by atoms with Crippen molar-refractivity contribution in [3.05, 3.63) is 63.6 Å². The van der Waals surface area contributed by atoms with Gasteiger partial charge in [0.1, 0.15) is 0 Å². The van der Waals surface area contributed by atoms with E-state index in [-0.39, 0.29) is 17.3 Å². The van der Waals surface area contributed by atoms with E-state index in [1.165, 1.54) is 29.3 Å². The Bertz CT molecular complexity index is 871. The molecule has 0 fully saturated rings. The van der Waals surface area contributed by atoms with Gasteiger partial charge in [0, 0.05) is 29.7 Å². The van der Waals surface area contributed by atoms with E-state index in [4.69, 9.17) is 23.2 Å². The van der Waals surface area contributed by atoms with Crippen LogP contribution >= 0.6 is 35.6 Å². The molecule has 0 aliphatic carbocycles. The van der Waals surface area contributed by atoms with Crippen LogP contribution in [0.5, 0.6) is 0 Å². The summed E-state index contributed by atoms with van der Waals surface area (Å²) < 4.78 is 27.2. The third kappa shape index (κ3) is 6.61. The highest BCUT2D eigenvalue weighted by molar-refractivity contribution is 7.89. The molecule has 0 bridgehead atoms. The number of nitrogens with one attached hydrogen (secondary N) is 1. The molecule has 4 nitrogen and oxygen atoms in total. The minimum absolute atomic E-state index is 0. The molecule has 8 heteroatoms. The van der Waals surface area contributed by atoms with Gasteiger partial charge in [0.05, 0.1) is 4.90 Å². The Balaban J connectivity index is 0.00000280. The summed E-state index contributed by atoms with van der Waals surface area (Å²) in [7, 11) is -3.58. The topological polar surface area (TPSA) is 49.4 Å². The molecular formula is C20H25Cl3N2O2S. The maximum atomic E-state index is 12.3. The molecule has 1 aliphatic heterocycles. The van der Waals surface area contributed by atoms with Gasteiger partial charge >= 0.3 is 0 Å². The van der Waals surface area contributed by atoms with Crippen LogP contribution in [0.4, 0.5) is 0 Å². The number of fused-ring (bicyclic) bond motifs is 1. The molecule has 28 heavy (non-hydrogen) atoms. The Hall–Kier alpha value is -0.820. The Morgan fingerprint density at radius 3 is 2.36 bits per heavy atom. The Morgan fingerprint density at radius 1 is 0.964 bits per heavy atom. The number of halogens is 3. The minimum atomic E-state index is -3.58. The van der Waals surface area contributed by atoms with Crippen molar-refractivity contribution in [1.82, 2.24) is 9.62 Å². The summed E-state index contributed by atoms with van der Waals surface area (Å²) >= 11 is 11.8. The minimum Gasteiger partial charge on any atom is -0.299 e. The molecule has 154 valence electrons. The van der Waals surface area contributed by atoms with Crippen molar-refractivity contribution < 1.29 is 8.42 Å². The monoisotopic (exact) mass is 462 g/mol. The molecule has 0 amide bonds. The summed E-state index contributed by atoms with van der Waals surface area (Å²) in [6, 6.07) is 13.0. The van der Waals surface area contributed by atoms with Crippen LogP contribution in [-0.2, 0) is 23.0 Å². The molecule has 1 aliphatic rings. The lowest BCUT2D eigenvalue weighted by molar-refractivity contribution is 0.248. The van der Waals surface area contributed by atoms with Crippen LogP contribution in [-0.4, -0.2) is 33.0 Å². The average Bonchev–Trinajstić information content (AvgIpc) is 2.63. The van der Waals surface area contributed by atoms with E-state index in [0.29, 0.717) is 16.6 Å². The van der Waals surface area contributed by atoms with E-state index in [0.717, 1.165) is 45.3 Å². The second-order valence-corrected chi connectivity index (χ2v) is 9.50. The van der Waals surface area contributed by atoms with Crippen LogP contribution in [0.15, 0.2) is 47.4 Å². The number of hydrogen-bond acceptors (Lipinski definition) is 3. The Labute approximate surface area is 183 Å². The van der Waals surface area contributed by atoms with Crippen molar-refractivity contribution in [1.29, 1.82) is 0 Å². The molecular weight excluding hydrogens is 439 g/mol. The SMILES string of the molecule is Cl.O=S(=O)(NCCCCCN1CCc2ccccc2C1)c1cc(Cl)cc(Cl)c1. The zero-order valence-electron chi connectivity index (χ0n) is 15.5. The highest BCUT2D eigenvalue weighted by atomic mass is 35.5. The van der Waals surface area contributed by atoms with Crippen molar-refractivity contribution in [2.75, 3.05) is 19.6 Å². The summed E-state index contributed by atoms with van der Waals surface area (Å²) in [6.07, 6.45) is 3.96. The molecule has 2 aromatic carbocycles. The lowest BCUT2D eigenvalue weighted by Gasteiger charge is -2.28. The summed E-state index contributed by atoms with van der Waals surface area (Å²) in [5.74, 6) is 0. The molecule has 0 saturated carbocycles. The summed E-state index contributed by atoms with van der Waals surface area (Å²) in [5, 5.41) is 0.622. The van der Waals surface area contributed by atoms with Gasteiger partial charge in [-0.05, 0) is 55.1 Å². The summed E-state index contributed by atoms with van der Waals surface area (Å²) in [4.78, 5) is 2.58. The van der Waals surface area contributed by atoms with Crippen LogP contribution in [0.25, 0.3) is 0 Å².